The predicted molar refractivity (Wildman–Crippen MR) is 62.3 cm³/mol. The maximum Gasteiger partial charge on any atom is 0.322 e. The van der Waals surface area contributed by atoms with E-state index in [-0.39, 0.29) is 17.9 Å². The molecule has 0 aromatic carbocycles. The fraction of sp³-hybridized carbons (Fsp3) is 0.556. The first-order chi connectivity index (χ1) is 8.11. The Morgan fingerprint density at radius 1 is 1.35 bits per heavy atom. The second-order valence-corrected chi connectivity index (χ2v) is 3.35. The Morgan fingerprint density at radius 2 is 2.12 bits per heavy atom. The van der Waals surface area contributed by atoms with E-state index >= 15 is 0 Å². The van der Waals surface area contributed by atoms with Crippen LogP contribution in [-0.2, 0) is 4.79 Å². The molecule has 0 spiro atoms. The standard InChI is InChI=1S/C9H16N6O2/c1-17-9-14-7(11)13-8(15-9)12-5-3-2-4-6(10)16/h2-5H2,1H3,(H2,10,16)(H3,11,12,13,14,15). The van der Waals surface area contributed by atoms with Gasteiger partial charge in [-0.05, 0) is 12.8 Å². The number of carbonyl (C=O) groups is 1. The third kappa shape index (κ3) is 4.96. The highest BCUT2D eigenvalue weighted by Crippen LogP contribution is 2.08. The molecule has 8 heteroatoms. The predicted octanol–water partition coefficient (Wildman–Crippen LogP) is -0.470. The summed E-state index contributed by atoms with van der Waals surface area (Å²) in [7, 11) is 1.45. The zero-order valence-corrected chi connectivity index (χ0v) is 9.64. The lowest BCUT2D eigenvalue weighted by molar-refractivity contribution is -0.118. The number of primary amides is 1. The van der Waals surface area contributed by atoms with Gasteiger partial charge in [0.25, 0.3) is 0 Å². The van der Waals surface area contributed by atoms with Crippen molar-refractivity contribution in [1.82, 2.24) is 15.0 Å². The monoisotopic (exact) mass is 240 g/mol. The highest BCUT2D eigenvalue weighted by Gasteiger charge is 2.03. The van der Waals surface area contributed by atoms with Crippen LogP contribution in [0, 0.1) is 0 Å². The molecule has 94 valence electrons. The van der Waals surface area contributed by atoms with Crippen LogP contribution in [0.2, 0.25) is 0 Å². The Labute approximate surface area is 98.8 Å². The van der Waals surface area contributed by atoms with Gasteiger partial charge in [0.15, 0.2) is 0 Å². The maximum atomic E-state index is 10.5. The third-order valence-electron chi connectivity index (χ3n) is 1.95. The van der Waals surface area contributed by atoms with Crippen LogP contribution in [0.15, 0.2) is 0 Å². The molecular formula is C9H16N6O2. The Kier molecular flexibility index (Phi) is 4.92. The van der Waals surface area contributed by atoms with Crippen LogP contribution in [0.3, 0.4) is 0 Å². The van der Waals surface area contributed by atoms with E-state index in [4.69, 9.17) is 16.2 Å². The Bertz CT molecular complexity index is 384. The number of aromatic nitrogens is 3. The Hall–Kier alpha value is -2.12. The molecule has 17 heavy (non-hydrogen) atoms. The molecule has 1 rings (SSSR count). The number of nitrogen functional groups attached to an aromatic ring is 1. The van der Waals surface area contributed by atoms with Gasteiger partial charge in [0.1, 0.15) is 0 Å². The van der Waals surface area contributed by atoms with Crippen LogP contribution >= 0.6 is 0 Å². The summed E-state index contributed by atoms with van der Waals surface area (Å²) in [5, 5.41) is 2.96. The van der Waals surface area contributed by atoms with Crippen LogP contribution < -0.4 is 21.5 Å². The SMILES string of the molecule is COc1nc(N)nc(NCCCCC(N)=O)n1. The molecule has 0 aliphatic heterocycles. The molecule has 0 aliphatic rings. The molecule has 0 radical (unpaired) electrons. The molecular weight excluding hydrogens is 224 g/mol. The highest BCUT2D eigenvalue weighted by molar-refractivity contribution is 5.73. The first-order valence-electron chi connectivity index (χ1n) is 5.19. The maximum absolute atomic E-state index is 10.5. The van der Waals surface area contributed by atoms with E-state index in [9.17, 15) is 4.79 Å². The van der Waals surface area contributed by atoms with E-state index in [0.29, 0.717) is 18.9 Å². The first kappa shape index (κ1) is 12.9. The summed E-state index contributed by atoms with van der Waals surface area (Å²) in [4.78, 5) is 22.1. The molecule has 1 heterocycles. The number of unbranched alkanes of at least 4 members (excludes halogenated alkanes) is 1. The van der Waals surface area contributed by atoms with Gasteiger partial charge in [-0.25, -0.2) is 0 Å². The molecule has 0 unspecified atom stereocenters. The van der Waals surface area contributed by atoms with Gasteiger partial charge in [0.05, 0.1) is 7.11 Å². The second-order valence-electron chi connectivity index (χ2n) is 3.35. The van der Waals surface area contributed by atoms with Crippen LogP contribution in [0.1, 0.15) is 19.3 Å². The van der Waals surface area contributed by atoms with Gasteiger partial charge in [-0.3, -0.25) is 4.79 Å². The van der Waals surface area contributed by atoms with Crippen molar-refractivity contribution in [2.24, 2.45) is 5.73 Å². The van der Waals surface area contributed by atoms with Crippen molar-refractivity contribution in [2.75, 3.05) is 24.7 Å². The van der Waals surface area contributed by atoms with Crippen molar-refractivity contribution in [3.63, 3.8) is 0 Å². The van der Waals surface area contributed by atoms with Gasteiger partial charge < -0.3 is 21.5 Å². The smallest absolute Gasteiger partial charge is 0.322 e. The molecule has 0 aliphatic carbocycles. The van der Waals surface area contributed by atoms with E-state index in [1.807, 2.05) is 0 Å². The number of nitrogens with two attached hydrogens (primary N) is 2. The van der Waals surface area contributed by atoms with Crippen molar-refractivity contribution < 1.29 is 9.53 Å². The lowest BCUT2D eigenvalue weighted by Crippen LogP contribution is -2.12. The molecule has 1 aromatic heterocycles. The lowest BCUT2D eigenvalue weighted by atomic mass is 10.2. The second kappa shape index (κ2) is 6.46. The number of nitrogens with zero attached hydrogens (tertiary/aromatic N) is 3. The van der Waals surface area contributed by atoms with E-state index in [2.05, 4.69) is 20.3 Å². The minimum atomic E-state index is -0.295. The summed E-state index contributed by atoms with van der Waals surface area (Å²) in [6.45, 7) is 0.625. The van der Waals surface area contributed by atoms with E-state index in [0.717, 1.165) is 12.8 Å². The fourth-order valence-electron chi connectivity index (χ4n) is 1.17. The minimum absolute atomic E-state index is 0.0940. The van der Waals surface area contributed by atoms with Crippen molar-refractivity contribution in [1.29, 1.82) is 0 Å². The molecule has 1 amide bonds. The largest absolute Gasteiger partial charge is 0.467 e. The van der Waals surface area contributed by atoms with Gasteiger partial charge in [-0.1, -0.05) is 0 Å². The van der Waals surface area contributed by atoms with Gasteiger partial charge in [0.2, 0.25) is 17.8 Å². The first-order valence-corrected chi connectivity index (χ1v) is 5.19. The Balaban J connectivity index is 2.36. The molecule has 5 N–H and O–H groups in total. The minimum Gasteiger partial charge on any atom is -0.467 e. The molecule has 0 atom stereocenters. The number of carbonyl (C=O) groups excluding carboxylic acids is 1. The number of hydrogen-bond donors (Lipinski definition) is 3. The number of hydrogen-bond acceptors (Lipinski definition) is 7. The van der Waals surface area contributed by atoms with Crippen LogP contribution in [0.4, 0.5) is 11.9 Å². The van der Waals surface area contributed by atoms with Gasteiger partial charge in [-0.15, -0.1) is 0 Å². The summed E-state index contributed by atoms with van der Waals surface area (Å²) in [5.41, 5.74) is 10.5. The van der Waals surface area contributed by atoms with Gasteiger partial charge in [0, 0.05) is 13.0 Å². The number of nitrogens with one attached hydrogen (secondary N) is 1. The van der Waals surface area contributed by atoms with E-state index in [1.54, 1.807) is 0 Å². The molecule has 0 bridgehead atoms. The third-order valence-corrected chi connectivity index (χ3v) is 1.95. The van der Waals surface area contributed by atoms with Crippen LogP contribution in [0.25, 0.3) is 0 Å². The van der Waals surface area contributed by atoms with Crippen LogP contribution in [-0.4, -0.2) is 34.5 Å². The summed E-state index contributed by atoms with van der Waals surface area (Å²) >= 11 is 0. The highest BCUT2D eigenvalue weighted by atomic mass is 16.5. The zero-order chi connectivity index (χ0) is 12.7. The number of rotatable bonds is 7. The summed E-state index contributed by atoms with van der Waals surface area (Å²) < 4.78 is 4.85. The zero-order valence-electron chi connectivity index (χ0n) is 9.64. The normalized spacial score (nSPS) is 9.94. The van der Waals surface area contributed by atoms with Crippen molar-refractivity contribution in [2.45, 2.75) is 19.3 Å². The van der Waals surface area contributed by atoms with Crippen molar-refractivity contribution >= 4 is 17.8 Å². The Morgan fingerprint density at radius 3 is 2.76 bits per heavy atom. The molecule has 0 saturated carbocycles. The number of anilines is 2. The molecule has 0 saturated heterocycles. The summed E-state index contributed by atoms with van der Waals surface area (Å²) in [6.07, 6.45) is 1.89. The van der Waals surface area contributed by atoms with E-state index < -0.39 is 0 Å². The lowest BCUT2D eigenvalue weighted by Gasteiger charge is -2.05. The fourth-order valence-corrected chi connectivity index (χ4v) is 1.17. The number of ether oxygens (including phenoxy) is 1. The van der Waals surface area contributed by atoms with Crippen molar-refractivity contribution in [3.05, 3.63) is 0 Å². The molecule has 1 aromatic rings. The van der Waals surface area contributed by atoms with Gasteiger partial charge in [-0.2, -0.15) is 15.0 Å². The average Bonchev–Trinajstić information content (AvgIpc) is 2.27. The quantitative estimate of drug-likeness (QED) is 0.549. The van der Waals surface area contributed by atoms with E-state index in [1.165, 1.54) is 7.11 Å². The average molecular weight is 240 g/mol. The van der Waals surface area contributed by atoms with Crippen molar-refractivity contribution in [3.8, 4) is 6.01 Å². The topological polar surface area (TPSA) is 129 Å². The van der Waals surface area contributed by atoms with Gasteiger partial charge >= 0.3 is 6.01 Å². The molecule has 8 nitrogen and oxygen atoms in total. The summed E-state index contributed by atoms with van der Waals surface area (Å²) in [6, 6.07) is 0.164. The number of methoxy groups -OCH3 is 1. The summed E-state index contributed by atoms with van der Waals surface area (Å²) in [5.74, 6) is 0.154. The number of amides is 1. The molecule has 0 fully saturated rings. The van der Waals surface area contributed by atoms with Crippen LogP contribution in [0.5, 0.6) is 6.01 Å².